The molecule has 134 valence electrons. The summed E-state index contributed by atoms with van der Waals surface area (Å²) < 4.78 is 0. The van der Waals surface area contributed by atoms with Gasteiger partial charge in [0.25, 0.3) is 0 Å². The van der Waals surface area contributed by atoms with Crippen molar-refractivity contribution in [3.05, 3.63) is 71.8 Å². The van der Waals surface area contributed by atoms with Gasteiger partial charge in [0.05, 0.1) is 6.04 Å². The van der Waals surface area contributed by atoms with E-state index in [0.717, 1.165) is 17.5 Å². The SMILES string of the molecule is O=C(CCCc1ccccc1)C1C(=O)NC(CCc2ccccc2)C1=O. The maximum atomic E-state index is 12.5. The summed E-state index contributed by atoms with van der Waals surface area (Å²) in [4.78, 5) is 37.0. The van der Waals surface area contributed by atoms with Crippen molar-refractivity contribution < 1.29 is 14.4 Å². The predicted molar refractivity (Wildman–Crippen MR) is 99.6 cm³/mol. The van der Waals surface area contributed by atoms with Crippen molar-refractivity contribution >= 4 is 17.5 Å². The van der Waals surface area contributed by atoms with Crippen molar-refractivity contribution in [1.82, 2.24) is 5.32 Å². The lowest BCUT2D eigenvalue weighted by atomic mass is 9.92. The smallest absolute Gasteiger partial charge is 0.238 e. The van der Waals surface area contributed by atoms with E-state index in [0.29, 0.717) is 19.3 Å². The molecule has 0 bridgehead atoms. The normalized spacial score (nSPS) is 19.4. The molecule has 0 saturated carbocycles. The minimum absolute atomic E-state index is 0.254. The Labute approximate surface area is 153 Å². The molecule has 3 rings (SSSR count). The molecule has 2 aromatic rings. The molecule has 1 N–H and O–H groups in total. The maximum absolute atomic E-state index is 12.5. The van der Waals surface area contributed by atoms with Crippen LogP contribution in [-0.4, -0.2) is 23.5 Å². The second-order valence-corrected chi connectivity index (χ2v) is 6.73. The molecular formula is C22H23NO3. The fourth-order valence-corrected chi connectivity index (χ4v) is 3.39. The number of carbonyl (C=O) groups is 3. The number of benzene rings is 2. The van der Waals surface area contributed by atoms with Gasteiger partial charge in [-0.25, -0.2) is 0 Å². The van der Waals surface area contributed by atoms with E-state index in [1.165, 1.54) is 0 Å². The molecule has 2 aromatic carbocycles. The van der Waals surface area contributed by atoms with E-state index in [4.69, 9.17) is 0 Å². The first-order valence-corrected chi connectivity index (χ1v) is 9.10. The first-order chi connectivity index (χ1) is 12.6. The zero-order chi connectivity index (χ0) is 18.4. The summed E-state index contributed by atoms with van der Waals surface area (Å²) in [5, 5.41) is 2.70. The average Bonchev–Trinajstić information content (AvgIpc) is 2.95. The predicted octanol–water partition coefficient (Wildman–Crippen LogP) is 2.89. The summed E-state index contributed by atoms with van der Waals surface area (Å²) in [5.74, 6) is -2.08. The second kappa shape index (κ2) is 8.56. The van der Waals surface area contributed by atoms with Crippen LogP contribution < -0.4 is 5.32 Å². The molecule has 1 saturated heterocycles. The molecule has 26 heavy (non-hydrogen) atoms. The van der Waals surface area contributed by atoms with Crippen LogP contribution in [0.2, 0.25) is 0 Å². The minimum atomic E-state index is -1.12. The zero-order valence-electron chi connectivity index (χ0n) is 14.7. The van der Waals surface area contributed by atoms with Crippen LogP contribution in [0.25, 0.3) is 0 Å². The molecule has 1 heterocycles. The summed E-state index contributed by atoms with van der Waals surface area (Å²) in [6, 6.07) is 19.2. The van der Waals surface area contributed by atoms with Crippen LogP contribution in [0.4, 0.5) is 0 Å². The fourth-order valence-electron chi connectivity index (χ4n) is 3.39. The third-order valence-electron chi connectivity index (χ3n) is 4.82. The van der Waals surface area contributed by atoms with Crippen LogP contribution in [-0.2, 0) is 27.2 Å². The van der Waals surface area contributed by atoms with E-state index in [1.807, 2.05) is 60.7 Å². The van der Waals surface area contributed by atoms with Crippen molar-refractivity contribution in [2.45, 2.75) is 38.1 Å². The van der Waals surface area contributed by atoms with Crippen molar-refractivity contribution in [2.24, 2.45) is 5.92 Å². The highest BCUT2D eigenvalue weighted by atomic mass is 16.2. The Balaban J connectivity index is 1.50. The monoisotopic (exact) mass is 349 g/mol. The maximum Gasteiger partial charge on any atom is 0.238 e. The molecule has 1 amide bonds. The van der Waals surface area contributed by atoms with Gasteiger partial charge in [-0.3, -0.25) is 14.4 Å². The number of carbonyl (C=O) groups excluding carboxylic acids is 3. The summed E-state index contributed by atoms with van der Waals surface area (Å²) in [6.07, 6.45) is 2.90. The number of hydrogen-bond donors (Lipinski definition) is 1. The standard InChI is InChI=1S/C22H23NO3/c24-19(13-7-12-16-8-3-1-4-9-16)20-21(25)18(23-22(20)26)15-14-17-10-5-2-6-11-17/h1-6,8-11,18,20H,7,12-15H2,(H,23,26). The lowest BCUT2D eigenvalue weighted by Crippen LogP contribution is -2.29. The fraction of sp³-hybridized carbons (Fsp3) is 0.318. The molecule has 0 radical (unpaired) electrons. The Morgan fingerprint density at radius 3 is 2.04 bits per heavy atom. The Bertz CT molecular complexity index is 770. The number of nitrogens with one attached hydrogen (secondary N) is 1. The molecule has 1 aliphatic heterocycles. The third-order valence-corrected chi connectivity index (χ3v) is 4.82. The number of ketones is 2. The lowest BCUT2D eigenvalue weighted by molar-refractivity contribution is -0.136. The molecule has 0 aliphatic carbocycles. The minimum Gasteiger partial charge on any atom is -0.345 e. The first-order valence-electron chi connectivity index (χ1n) is 9.10. The van der Waals surface area contributed by atoms with Gasteiger partial charge < -0.3 is 5.32 Å². The highest BCUT2D eigenvalue weighted by Crippen LogP contribution is 2.19. The lowest BCUT2D eigenvalue weighted by Gasteiger charge is -2.09. The van der Waals surface area contributed by atoms with Gasteiger partial charge in [0, 0.05) is 6.42 Å². The number of aryl methyl sites for hydroxylation is 2. The van der Waals surface area contributed by atoms with Gasteiger partial charge in [-0.2, -0.15) is 0 Å². The summed E-state index contributed by atoms with van der Waals surface area (Å²) >= 11 is 0. The van der Waals surface area contributed by atoms with Gasteiger partial charge in [-0.1, -0.05) is 60.7 Å². The highest BCUT2D eigenvalue weighted by Gasteiger charge is 2.44. The van der Waals surface area contributed by atoms with Crippen LogP contribution in [0, 0.1) is 5.92 Å². The first kappa shape index (κ1) is 18.1. The molecule has 2 unspecified atom stereocenters. The largest absolute Gasteiger partial charge is 0.345 e. The number of hydrogen-bond acceptors (Lipinski definition) is 3. The molecule has 4 heteroatoms. The molecule has 1 aliphatic rings. The van der Waals surface area contributed by atoms with E-state index in [2.05, 4.69) is 5.32 Å². The Kier molecular flexibility index (Phi) is 5.95. The van der Waals surface area contributed by atoms with Crippen LogP contribution in [0.5, 0.6) is 0 Å². The summed E-state index contributed by atoms with van der Waals surface area (Å²) in [5.41, 5.74) is 2.27. The molecule has 1 fully saturated rings. The van der Waals surface area contributed by atoms with Crippen molar-refractivity contribution in [3.63, 3.8) is 0 Å². The molecule has 2 atom stereocenters. The topological polar surface area (TPSA) is 63.2 Å². The molecule has 4 nitrogen and oxygen atoms in total. The Morgan fingerprint density at radius 2 is 1.42 bits per heavy atom. The van der Waals surface area contributed by atoms with Gasteiger partial charge in [-0.15, -0.1) is 0 Å². The number of amides is 1. The number of rotatable bonds is 8. The Hall–Kier alpha value is -2.75. The van der Waals surface area contributed by atoms with Crippen molar-refractivity contribution in [1.29, 1.82) is 0 Å². The summed E-state index contributed by atoms with van der Waals surface area (Å²) in [6.45, 7) is 0. The van der Waals surface area contributed by atoms with Gasteiger partial charge in [0.1, 0.15) is 0 Å². The quantitative estimate of drug-likeness (QED) is 0.746. The number of Topliss-reactive ketones (excluding diaryl/α,β-unsaturated/α-hetero) is 2. The van der Waals surface area contributed by atoms with Gasteiger partial charge in [0.2, 0.25) is 5.91 Å². The highest BCUT2D eigenvalue weighted by molar-refractivity contribution is 6.24. The van der Waals surface area contributed by atoms with E-state index < -0.39 is 17.9 Å². The van der Waals surface area contributed by atoms with E-state index in [9.17, 15) is 14.4 Å². The van der Waals surface area contributed by atoms with Crippen LogP contribution in [0.3, 0.4) is 0 Å². The molecule has 0 aromatic heterocycles. The van der Waals surface area contributed by atoms with Gasteiger partial charge >= 0.3 is 0 Å². The van der Waals surface area contributed by atoms with E-state index in [-0.39, 0.29) is 18.0 Å². The van der Waals surface area contributed by atoms with Crippen LogP contribution >= 0.6 is 0 Å². The zero-order valence-corrected chi connectivity index (χ0v) is 14.7. The van der Waals surface area contributed by atoms with Crippen LogP contribution in [0.15, 0.2) is 60.7 Å². The molecular weight excluding hydrogens is 326 g/mol. The van der Waals surface area contributed by atoms with Crippen molar-refractivity contribution in [2.75, 3.05) is 0 Å². The average molecular weight is 349 g/mol. The van der Waals surface area contributed by atoms with Gasteiger partial charge in [0.15, 0.2) is 17.5 Å². The third kappa shape index (κ3) is 4.45. The van der Waals surface area contributed by atoms with E-state index in [1.54, 1.807) is 0 Å². The van der Waals surface area contributed by atoms with Crippen LogP contribution in [0.1, 0.15) is 30.4 Å². The second-order valence-electron chi connectivity index (χ2n) is 6.73. The Morgan fingerprint density at radius 1 is 0.846 bits per heavy atom. The van der Waals surface area contributed by atoms with Crippen molar-refractivity contribution in [3.8, 4) is 0 Å². The summed E-state index contributed by atoms with van der Waals surface area (Å²) in [7, 11) is 0. The van der Waals surface area contributed by atoms with Gasteiger partial charge in [-0.05, 0) is 36.8 Å². The molecule has 0 spiro atoms. The van der Waals surface area contributed by atoms with E-state index >= 15 is 0 Å².